The van der Waals surface area contributed by atoms with E-state index in [0.717, 1.165) is 32.5 Å². The summed E-state index contributed by atoms with van der Waals surface area (Å²) in [5, 5.41) is 8.93. The first-order chi connectivity index (χ1) is 6.94. The van der Waals surface area contributed by atoms with Gasteiger partial charge in [-0.15, -0.1) is 0 Å². The van der Waals surface area contributed by atoms with Crippen LogP contribution in [0.4, 0.5) is 0 Å². The zero-order valence-corrected chi connectivity index (χ0v) is 10.2. The van der Waals surface area contributed by atoms with Crippen molar-refractivity contribution >= 4 is 0 Å². The number of likely N-dealkylation sites (tertiary alicyclic amines) is 1. The molecule has 2 atom stereocenters. The van der Waals surface area contributed by atoms with E-state index in [1.54, 1.807) is 0 Å². The molecule has 0 saturated carbocycles. The van der Waals surface area contributed by atoms with Gasteiger partial charge in [-0.2, -0.15) is 5.26 Å². The molecule has 15 heavy (non-hydrogen) atoms. The van der Waals surface area contributed by atoms with E-state index in [1.807, 2.05) is 13.8 Å². The van der Waals surface area contributed by atoms with E-state index in [4.69, 9.17) is 11.0 Å². The molecule has 2 unspecified atom stereocenters. The van der Waals surface area contributed by atoms with Crippen LogP contribution in [0, 0.1) is 22.7 Å². The third-order valence-electron chi connectivity index (χ3n) is 3.41. The van der Waals surface area contributed by atoms with Gasteiger partial charge in [0.05, 0.1) is 11.5 Å². The molecule has 0 aromatic heterocycles. The zero-order chi connectivity index (χ0) is 11.5. The summed E-state index contributed by atoms with van der Waals surface area (Å²) in [4.78, 5) is 2.44. The highest BCUT2D eigenvalue weighted by Gasteiger charge is 2.25. The van der Waals surface area contributed by atoms with Crippen LogP contribution in [0.1, 0.15) is 33.6 Å². The minimum Gasteiger partial charge on any atom is -0.327 e. The summed E-state index contributed by atoms with van der Waals surface area (Å²) in [6, 6.07) is 2.72. The van der Waals surface area contributed by atoms with Crippen molar-refractivity contribution in [3.63, 3.8) is 0 Å². The average Bonchev–Trinajstić information content (AvgIpc) is 2.20. The Morgan fingerprint density at radius 3 is 2.73 bits per heavy atom. The van der Waals surface area contributed by atoms with Crippen LogP contribution in [0.5, 0.6) is 0 Å². The normalized spacial score (nSPS) is 28.7. The summed E-state index contributed by atoms with van der Waals surface area (Å²) in [5.74, 6) is 0.587. The van der Waals surface area contributed by atoms with Crippen molar-refractivity contribution in [1.82, 2.24) is 4.90 Å². The molecule has 0 radical (unpaired) electrons. The van der Waals surface area contributed by atoms with E-state index in [2.05, 4.69) is 17.9 Å². The fourth-order valence-electron chi connectivity index (χ4n) is 1.95. The van der Waals surface area contributed by atoms with Crippen LogP contribution in [0.2, 0.25) is 0 Å². The van der Waals surface area contributed by atoms with Gasteiger partial charge in [0.2, 0.25) is 0 Å². The highest BCUT2D eigenvalue weighted by Crippen LogP contribution is 2.21. The summed E-state index contributed by atoms with van der Waals surface area (Å²) in [6.45, 7) is 9.43. The fraction of sp³-hybridized carbons (Fsp3) is 0.917. The van der Waals surface area contributed by atoms with Crippen LogP contribution < -0.4 is 5.73 Å². The number of rotatable bonds is 3. The Morgan fingerprint density at radius 2 is 2.20 bits per heavy atom. The largest absolute Gasteiger partial charge is 0.327 e. The predicted molar refractivity (Wildman–Crippen MR) is 62.2 cm³/mol. The molecule has 1 aliphatic rings. The van der Waals surface area contributed by atoms with E-state index in [0.29, 0.717) is 12.0 Å². The summed E-state index contributed by atoms with van der Waals surface area (Å²) in [5.41, 5.74) is 5.78. The Kier molecular flexibility index (Phi) is 4.12. The second-order valence-corrected chi connectivity index (χ2v) is 5.48. The lowest BCUT2D eigenvalue weighted by molar-refractivity contribution is 0.152. The van der Waals surface area contributed by atoms with Gasteiger partial charge in [-0.25, -0.2) is 0 Å². The second-order valence-electron chi connectivity index (χ2n) is 5.48. The minimum atomic E-state index is -0.192. The molecule has 86 valence electrons. The van der Waals surface area contributed by atoms with Crippen LogP contribution in [-0.2, 0) is 0 Å². The Labute approximate surface area is 93.2 Å². The molecule has 0 amide bonds. The number of piperidine rings is 1. The van der Waals surface area contributed by atoms with E-state index in [9.17, 15) is 0 Å². The van der Waals surface area contributed by atoms with E-state index in [1.165, 1.54) is 0 Å². The van der Waals surface area contributed by atoms with Crippen LogP contribution in [0.15, 0.2) is 0 Å². The van der Waals surface area contributed by atoms with Crippen molar-refractivity contribution in [2.24, 2.45) is 17.1 Å². The van der Waals surface area contributed by atoms with Gasteiger partial charge in [-0.1, -0.05) is 6.92 Å². The maximum absolute atomic E-state index is 8.93. The molecule has 1 saturated heterocycles. The van der Waals surface area contributed by atoms with E-state index >= 15 is 0 Å². The van der Waals surface area contributed by atoms with Crippen LogP contribution in [0.3, 0.4) is 0 Å². The molecule has 0 spiro atoms. The first-order valence-electron chi connectivity index (χ1n) is 5.84. The lowest BCUT2D eigenvalue weighted by Crippen LogP contribution is -2.46. The first-order valence-corrected chi connectivity index (χ1v) is 5.84. The molecule has 2 N–H and O–H groups in total. The Morgan fingerprint density at radius 1 is 1.53 bits per heavy atom. The molecule has 1 aliphatic heterocycles. The molecule has 0 bridgehead atoms. The maximum Gasteiger partial charge on any atom is 0.0684 e. The molecule has 3 nitrogen and oxygen atoms in total. The lowest BCUT2D eigenvalue weighted by Gasteiger charge is -2.36. The van der Waals surface area contributed by atoms with E-state index in [-0.39, 0.29) is 5.41 Å². The van der Waals surface area contributed by atoms with Crippen LogP contribution >= 0.6 is 0 Å². The summed E-state index contributed by atoms with van der Waals surface area (Å²) < 4.78 is 0. The molecule has 1 heterocycles. The van der Waals surface area contributed by atoms with Crippen molar-refractivity contribution in [3.8, 4) is 6.07 Å². The molecule has 1 fully saturated rings. The lowest BCUT2D eigenvalue weighted by atomic mass is 9.89. The van der Waals surface area contributed by atoms with Crippen molar-refractivity contribution in [3.05, 3.63) is 0 Å². The van der Waals surface area contributed by atoms with Gasteiger partial charge in [0.25, 0.3) is 0 Å². The fourth-order valence-corrected chi connectivity index (χ4v) is 1.95. The number of hydrogen-bond acceptors (Lipinski definition) is 3. The van der Waals surface area contributed by atoms with E-state index < -0.39 is 0 Å². The molecule has 0 aromatic carbocycles. The smallest absolute Gasteiger partial charge is 0.0684 e. The van der Waals surface area contributed by atoms with Crippen molar-refractivity contribution < 1.29 is 0 Å². The summed E-state index contributed by atoms with van der Waals surface area (Å²) in [7, 11) is 0. The highest BCUT2D eigenvalue weighted by atomic mass is 15.1. The van der Waals surface area contributed by atoms with Gasteiger partial charge >= 0.3 is 0 Å². The standard InChI is InChI=1S/C12H23N3/c1-10-8-15(6-4-11(10)14)7-5-12(2,3)9-13/h10-11H,4-8,14H2,1-3H3. The third kappa shape index (κ3) is 3.81. The van der Waals surface area contributed by atoms with Crippen molar-refractivity contribution in [2.45, 2.75) is 39.7 Å². The molecule has 0 aromatic rings. The number of nitrogens with two attached hydrogens (primary N) is 1. The maximum atomic E-state index is 8.93. The monoisotopic (exact) mass is 209 g/mol. The Bertz CT molecular complexity index is 242. The average molecular weight is 209 g/mol. The summed E-state index contributed by atoms with van der Waals surface area (Å²) in [6.07, 6.45) is 2.04. The van der Waals surface area contributed by atoms with Crippen LogP contribution in [0.25, 0.3) is 0 Å². The van der Waals surface area contributed by atoms with Gasteiger partial charge in [0.15, 0.2) is 0 Å². The molecule has 0 aliphatic carbocycles. The second kappa shape index (κ2) is 4.96. The number of nitrogens with zero attached hydrogens (tertiary/aromatic N) is 2. The third-order valence-corrected chi connectivity index (χ3v) is 3.41. The van der Waals surface area contributed by atoms with Crippen LogP contribution in [-0.4, -0.2) is 30.6 Å². The Hall–Kier alpha value is -0.590. The Balaban J connectivity index is 2.32. The predicted octanol–water partition coefficient (Wildman–Crippen LogP) is 1.60. The quantitative estimate of drug-likeness (QED) is 0.768. The van der Waals surface area contributed by atoms with Gasteiger partial charge in [0, 0.05) is 12.6 Å². The van der Waals surface area contributed by atoms with Crippen molar-refractivity contribution in [1.29, 1.82) is 5.26 Å². The SMILES string of the molecule is CC1CN(CCC(C)(C)C#N)CCC1N. The topological polar surface area (TPSA) is 53.0 Å². The minimum absolute atomic E-state index is 0.192. The van der Waals surface area contributed by atoms with Gasteiger partial charge < -0.3 is 10.6 Å². The first kappa shape index (κ1) is 12.5. The molecule has 1 rings (SSSR count). The summed E-state index contributed by atoms with van der Waals surface area (Å²) >= 11 is 0. The highest BCUT2D eigenvalue weighted by molar-refractivity contribution is 4.92. The van der Waals surface area contributed by atoms with Gasteiger partial charge in [0.1, 0.15) is 0 Å². The molecular weight excluding hydrogens is 186 g/mol. The number of hydrogen-bond donors (Lipinski definition) is 1. The van der Waals surface area contributed by atoms with Crippen molar-refractivity contribution in [2.75, 3.05) is 19.6 Å². The molecular formula is C12H23N3. The molecule has 3 heteroatoms. The number of nitriles is 1. The van der Waals surface area contributed by atoms with Gasteiger partial charge in [-0.3, -0.25) is 0 Å². The van der Waals surface area contributed by atoms with Gasteiger partial charge in [-0.05, 0) is 45.7 Å². The zero-order valence-electron chi connectivity index (χ0n) is 10.2.